The van der Waals surface area contributed by atoms with Crippen molar-refractivity contribution in [2.24, 2.45) is 11.3 Å². The first-order chi connectivity index (χ1) is 8.78. The van der Waals surface area contributed by atoms with Crippen molar-refractivity contribution in [1.82, 2.24) is 9.97 Å². The van der Waals surface area contributed by atoms with Crippen molar-refractivity contribution in [3.8, 4) is 0 Å². The number of fused-ring (bicyclic) bond motifs is 1. The molecule has 1 aromatic heterocycles. The quantitative estimate of drug-likeness (QED) is 0.830. The van der Waals surface area contributed by atoms with Crippen LogP contribution >= 0.6 is 0 Å². The Morgan fingerprint density at radius 1 is 1.26 bits per heavy atom. The van der Waals surface area contributed by atoms with Crippen LogP contribution in [0.15, 0.2) is 6.20 Å². The van der Waals surface area contributed by atoms with Crippen molar-refractivity contribution >= 4 is 5.78 Å². The van der Waals surface area contributed by atoms with Gasteiger partial charge in [-0.1, -0.05) is 34.6 Å². The van der Waals surface area contributed by atoms with Crippen LogP contribution in [0, 0.1) is 11.3 Å². The minimum atomic E-state index is 0.0248. The monoisotopic (exact) mass is 260 g/mol. The summed E-state index contributed by atoms with van der Waals surface area (Å²) < 4.78 is 0. The molecule has 0 amide bonds. The first kappa shape index (κ1) is 14.2. The molecule has 0 radical (unpaired) electrons. The molecule has 1 atom stereocenters. The van der Waals surface area contributed by atoms with E-state index in [1.165, 1.54) is 0 Å². The Kier molecular flexibility index (Phi) is 3.75. The average molecular weight is 260 g/mol. The van der Waals surface area contributed by atoms with Crippen LogP contribution < -0.4 is 0 Å². The molecule has 104 valence electrons. The van der Waals surface area contributed by atoms with Crippen molar-refractivity contribution in [2.75, 3.05) is 0 Å². The standard InChI is InChI=1S/C16H24N2O/c1-10(2)6-11(3)15-17-9-12-13(18-15)7-16(4,5)8-14(12)19/h9-11H,6-8H2,1-5H3. The SMILES string of the molecule is CC(C)CC(C)c1ncc2c(n1)CC(C)(C)CC2=O. The van der Waals surface area contributed by atoms with Gasteiger partial charge in [-0.15, -0.1) is 0 Å². The van der Waals surface area contributed by atoms with Gasteiger partial charge in [-0.2, -0.15) is 0 Å². The average Bonchev–Trinajstić information content (AvgIpc) is 2.25. The number of carbonyl (C=O) groups excluding carboxylic acids is 1. The number of aromatic nitrogens is 2. The fourth-order valence-corrected chi connectivity index (χ4v) is 2.90. The highest BCUT2D eigenvalue weighted by Crippen LogP contribution is 2.34. The van der Waals surface area contributed by atoms with Gasteiger partial charge in [0.05, 0.1) is 11.3 Å². The lowest BCUT2D eigenvalue weighted by Crippen LogP contribution is -2.28. The Hall–Kier alpha value is -1.25. The fourth-order valence-electron chi connectivity index (χ4n) is 2.90. The van der Waals surface area contributed by atoms with Gasteiger partial charge in [0.25, 0.3) is 0 Å². The summed E-state index contributed by atoms with van der Waals surface area (Å²) in [5, 5.41) is 0. The van der Waals surface area contributed by atoms with Crippen LogP contribution in [0.1, 0.15) is 75.3 Å². The lowest BCUT2D eigenvalue weighted by molar-refractivity contribution is 0.0909. The number of rotatable bonds is 3. The van der Waals surface area contributed by atoms with E-state index in [0.29, 0.717) is 18.3 Å². The van der Waals surface area contributed by atoms with Crippen LogP contribution in [0.5, 0.6) is 0 Å². The smallest absolute Gasteiger partial charge is 0.166 e. The number of hydrogen-bond acceptors (Lipinski definition) is 3. The summed E-state index contributed by atoms with van der Waals surface area (Å²) in [6.07, 6.45) is 4.30. The van der Waals surface area contributed by atoms with E-state index >= 15 is 0 Å². The molecule has 19 heavy (non-hydrogen) atoms. The fraction of sp³-hybridized carbons (Fsp3) is 0.688. The normalized spacial score (nSPS) is 19.4. The van der Waals surface area contributed by atoms with Crippen LogP contribution in [-0.2, 0) is 6.42 Å². The molecule has 0 saturated heterocycles. The van der Waals surface area contributed by atoms with E-state index in [1.807, 2.05) is 0 Å². The second-order valence-electron chi connectivity index (χ2n) is 7.06. The predicted molar refractivity (Wildman–Crippen MR) is 76.3 cm³/mol. The molecule has 0 saturated carbocycles. The molecule has 2 rings (SSSR count). The zero-order chi connectivity index (χ0) is 14.2. The molecule has 0 bridgehead atoms. The topological polar surface area (TPSA) is 42.9 Å². The van der Waals surface area contributed by atoms with E-state index in [4.69, 9.17) is 0 Å². The molecular formula is C16H24N2O. The molecule has 3 nitrogen and oxygen atoms in total. The van der Waals surface area contributed by atoms with Crippen molar-refractivity contribution in [3.05, 3.63) is 23.3 Å². The molecule has 0 spiro atoms. The van der Waals surface area contributed by atoms with Crippen LogP contribution in [0.25, 0.3) is 0 Å². The maximum Gasteiger partial charge on any atom is 0.166 e. The largest absolute Gasteiger partial charge is 0.294 e. The summed E-state index contributed by atoms with van der Waals surface area (Å²) in [6, 6.07) is 0. The van der Waals surface area contributed by atoms with Crippen molar-refractivity contribution in [1.29, 1.82) is 0 Å². The third-order valence-electron chi connectivity index (χ3n) is 3.74. The van der Waals surface area contributed by atoms with E-state index < -0.39 is 0 Å². The number of hydrogen-bond donors (Lipinski definition) is 0. The molecule has 0 aliphatic heterocycles. The molecule has 1 aromatic rings. The van der Waals surface area contributed by atoms with E-state index in [9.17, 15) is 4.79 Å². The summed E-state index contributed by atoms with van der Waals surface area (Å²) in [6.45, 7) is 10.8. The zero-order valence-corrected chi connectivity index (χ0v) is 12.7. The lowest BCUT2D eigenvalue weighted by Gasteiger charge is -2.29. The second kappa shape index (κ2) is 5.03. The van der Waals surface area contributed by atoms with Gasteiger partial charge in [-0.25, -0.2) is 9.97 Å². The minimum Gasteiger partial charge on any atom is -0.294 e. The summed E-state index contributed by atoms with van der Waals surface area (Å²) >= 11 is 0. The van der Waals surface area contributed by atoms with Crippen molar-refractivity contribution in [2.45, 2.75) is 59.8 Å². The van der Waals surface area contributed by atoms with Crippen LogP contribution in [0.4, 0.5) is 0 Å². The van der Waals surface area contributed by atoms with Gasteiger partial charge in [-0.3, -0.25) is 4.79 Å². The van der Waals surface area contributed by atoms with Crippen molar-refractivity contribution in [3.63, 3.8) is 0 Å². The highest BCUT2D eigenvalue weighted by molar-refractivity contribution is 5.98. The molecule has 1 heterocycles. The molecule has 1 aliphatic carbocycles. The summed E-state index contributed by atoms with van der Waals surface area (Å²) in [4.78, 5) is 21.2. The van der Waals surface area contributed by atoms with Crippen LogP contribution in [-0.4, -0.2) is 15.8 Å². The Bertz CT molecular complexity index is 492. The number of nitrogens with zero attached hydrogens (tertiary/aromatic N) is 2. The molecule has 0 aromatic carbocycles. The van der Waals surface area contributed by atoms with Crippen LogP contribution in [0.3, 0.4) is 0 Å². The summed E-state index contributed by atoms with van der Waals surface area (Å²) in [7, 11) is 0. The van der Waals surface area contributed by atoms with E-state index in [-0.39, 0.29) is 11.2 Å². The Morgan fingerprint density at radius 2 is 1.95 bits per heavy atom. The third kappa shape index (κ3) is 3.20. The van der Waals surface area contributed by atoms with Gasteiger partial charge in [-0.05, 0) is 24.2 Å². The second-order valence-corrected chi connectivity index (χ2v) is 7.06. The minimum absolute atomic E-state index is 0.0248. The highest BCUT2D eigenvalue weighted by Gasteiger charge is 2.32. The van der Waals surface area contributed by atoms with E-state index in [0.717, 1.165) is 29.9 Å². The van der Waals surface area contributed by atoms with Gasteiger partial charge in [0.15, 0.2) is 5.78 Å². The lowest BCUT2D eigenvalue weighted by atomic mass is 9.76. The molecular weight excluding hydrogens is 236 g/mol. The zero-order valence-electron chi connectivity index (χ0n) is 12.7. The van der Waals surface area contributed by atoms with Gasteiger partial charge < -0.3 is 0 Å². The third-order valence-corrected chi connectivity index (χ3v) is 3.74. The Balaban J connectivity index is 2.31. The Labute approximate surface area is 115 Å². The van der Waals surface area contributed by atoms with Gasteiger partial charge in [0.2, 0.25) is 0 Å². The molecule has 0 fully saturated rings. The van der Waals surface area contributed by atoms with Gasteiger partial charge >= 0.3 is 0 Å². The number of Topliss-reactive ketones (excluding diaryl/α,β-unsaturated/α-hetero) is 1. The molecule has 1 unspecified atom stereocenters. The van der Waals surface area contributed by atoms with E-state index in [1.54, 1.807) is 6.20 Å². The van der Waals surface area contributed by atoms with Crippen molar-refractivity contribution < 1.29 is 4.79 Å². The van der Waals surface area contributed by atoms with Gasteiger partial charge in [0.1, 0.15) is 5.82 Å². The summed E-state index contributed by atoms with van der Waals surface area (Å²) in [5.74, 6) is 2.06. The first-order valence-electron chi connectivity index (χ1n) is 7.17. The molecule has 1 aliphatic rings. The maximum atomic E-state index is 12.1. The Morgan fingerprint density at radius 3 is 2.58 bits per heavy atom. The first-order valence-corrected chi connectivity index (χ1v) is 7.17. The van der Waals surface area contributed by atoms with Crippen LogP contribution in [0.2, 0.25) is 0 Å². The maximum absolute atomic E-state index is 12.1. The van der Waals surface area contributed by atoms with Gasteiger partial charge in [0, 0.05) is 18.5 Å². The molecule has 0 N–H and O–H groups in total. The summed E-state index contributed by atoms with van der Waals surface area (Å²) in [5.41, 5.74) is 1.71. The molecule has 3 heteroatoms. The highest BCUT2D eigenvalue weighted by atomic mass is 16.1. The van der Waals surface area contributed by atoms with E-state index in [2.05, 4.69) is 44.6 Å². The predicted octanol–water partition coefficient (Wildman–Crippen LogP) is 3.78. The number of ketones is 1. The number of carbonyl (C=O) groups is 1.